The molecule has 1 aromatic carbocycles. The summed E-state index contributed by atoms with van der Waals surface area (Å²) in [7, 11) is 0. The molecule has 17 heavy (non-hydrogen) atoms. The van der Waals surface area contributed by atoms with Crippen molar-refractivity contribution in [2.75, 3.05) is 3.22 Å². The van der Waals surface area contributed by atoms with Gasteiger partial charge in [-0.15, -0.1) is 12.6 Å². The van der Waals surface area contributed by atoms with E-state index in [2.05, 4.69) is 30.8 Å². The number of hydrogen-bond acceptors (Lipinski definition) is 4. The quantitative estimate of drug-likeness (QED) is 0.250. The van der Waals surface area contributed by atoms with Crippen LogP contribution in [0.5, 0.6) is 0 Å². The first kappa shape index (κ1) is 12.8. The van der Waals surface area contributed by atoms with Gasteiger partial charge in [-0.1, -0.05) is 12.1 Å². The molecule has 0 unspecified atom stereocenters. The lowest BCUT2D eigenvalue weighted by Gasteiger charge is -2.16. The normalized spacial score (nSPS) is 15.2. The summed E-state index contributed by atoms with van der Waals surface area (Å²) in [4.78, 5) is 0.872. The number of thiol groups is 1. The van der Waals surface area contributed by atoms with Crippen molar-refractivity contribution in [3.63, 3.8) is 0 Å². The van der Waals surface area contributed by atoms with E-state index in [1.807, 2.05) is 35.0 Å². The molecule has 0 aromatic heterocycles. The predicted octanol–water partition coefficient (Wildman–Crippen LogP) is 3.03. The Kier molecular flexibility index (Phi) is 4.01. The number of allylic oxidation sites excluding steroid dienone is 4. The van der Waals surface area contributed by atoms with E-state index in [0.29, 0.717) is 0 Å². The molecule has 0 atom stereocenters. The summed E-state index contributed by atoms with van der Waals surface area (Å²) in [5, 5.41) is 0. The molecular formula is C12H14IN3S. The maximum Gasteiger partial charge on any atom is 0.0769 e. The van der Waals surface area contributed by atoms with Crippen LogP contribution in [-0.4, -0.2) is 0 Å². The molecule has 0 bridgehead atoms. The largest absolute Gasteiger partial charge is 0.402 e. The summed E-state index contributed by atoms with van der Waals surface area (Å²) in [6, 6.07) is 6.08. The van der Waals surface area contributed by atoms with Crippen LogP contribution in [0.25, 0.3) is 5.57 Å². The van der Waals surface area contributed by atoms with E-state index < -0.39 is 0 Å². The van der Waals surface area contributed by atoms with Crippen molar-refractivity contribution in [3.8, 4) is 0 Å². The molecule has 5 heteroatoms. The summed E-state index contributed by atoms with van der Waals surface area (Å²) in [5.74, 6) is 5.75. The number of benzene rings is 1. The van der Waals surface area contributed by atoms with E-state index in [-0.39, 0.29) is 0 Å². The maximum atomic E-state index is 5.75. The van der Waals surface area contributed by atoms with Gasteiger partial charge < -0.3 is 5.73 Å². The highest BCUT2D eigenvalue weighted by Gasteiger charge is 2.10. The highest BCUT2D eigenvalue weighted by atomic mass is 127. The van der Waals surface area contributed by atoms with E-state index in [9.17, 15) is 0 Å². The van der Waals surface area contributed by atoms with Crippen molar-refractivity contribution in [1.82, 2.24) is 0 Å². The Morgan fingerprint density at radius 1 is 1.24 bits per heavy atom. The average molecular weight is 359 g/mol. The van der Waals surface area contributed by atoms with Crippen LogP contribution in [0, 0.1) is 0 Å². The SMILES string of the molecule is NC1=CC=C(c2ccc(S)c(N(N)I)c2)CC1. The maximum absolute atomic E-state index is 5.75. The Hall–Kier alpha value is -0.660. The fourth-order valence-corrected chi connectivity index (χ4v) is 2.62. The standard InChI is InChI=1S/C12H14IN3S/c13-16(15)11-7-9(3-6-12(11)17)8-1-4-10(14)5-2-8/h1,3-4,6-7,17H,2,5,14-15H2. The number of halogens is 1. The third kappa shape index (κ3) is 2.97. The fourth-order valence-electron chi connectivity index (χ4n) is 1.79. The van der Waals surface area contributed by atoms with Gasteiger partial charge in [0.2, 0.25) is 0 Å². The van der Waals surface area contributed by atoms with E-state index in [4.69, 9.17) is 11.6 Å². The van der Waals surface area contributed by atoms with Crippen LogP contribution < -0.4 is 14.8 Å². The molecule has 90 valence electrons. The Balaban J connectivity index is 2.37. The first-order valence-corrected chi connectivity index (χ1v) is 6.68. The number of rotatable bonds is 2. The molecule has 1 aliphatic carbocycles. The summed E-state index contributed by atoms with van der Waals surface area (Å²) in [6.45, 7) is 0. The molecule has 0 radical (unpaired) electrons. The lowest BCUT2D eigenvalue weighted by Crippen LogP contribution is -2.18. The first-order valence-electron chi connectivity index (χ1n) is 5.27. The van der Waals surface area contributed by atoms with Crippen LogP contribution in [0.3, 0.4) is 0 Å². The van der Waals surface area contributed by atoms with Crippen molar-refractivity contribution >= 4 is 46.8 Å². The van der Waals surface area contributed by atoms with Crippen LogP contribution in [0.4, 0.5) is 5.69 Å². The van der Waals surface area contributed by atoms with Gasteiger partial charge in [0.1, 0.15) is 0 Å². The molecule has 4 N–H and O–H groups in total. The molecule has 3 nitrogen and oxygen atoms in total. The van der Waals surface area contributed by atoms with E-state index in [1.54, 1.807) is 3.22 Å². The number of nitrogens with two attached hydrogens (primary N) is 2. The second kappa shape index (κ2) is 5.32. The zero-order valence-electron chi connectivity index (χ0n) is 9.23. The third-order valence-electron chi connectivity index (χ3n) is 2.76. The second-order valence-corrected chi connectivity index (χ2v) is 5.47. The van der Waals surface area contributed by atoms with Gasteiger partial charge in [-0.05, 0) is 42.2 Å². The van der Waals surface area contributed by atoms with Crippen LogP contribution >= 0.6 is 35.5 Å². The molecule has 0 amide bonds. The molecule has 0 heterocycles. The molecule has 0 aliphatic heterocycles. The molecule has 0 saturated carbocycles. The second-order valence-electron chi connectivity index (χ2n) is 3.95. The van der Waals surface area contributed by atoms with Crippen molar-refractivity contribution in [2.45, 2.75) is 17.7 Å². The minimum atomic E-state index is 0.872. The first-order chi connectivity index (χ1) is 8.08. The number of hydrogen-bond donors (Lipinski definition) is 3. The van der Waals surface area contributed by atoms with Crippen LogP contribution in [0.2, 0.25) is 0 Å². The van der Waals surface area contributed by atoms with Gasteiger partial charge in [-0.25, -0.2) is 9.06 Å². The van der Waals surface area contributed by atoms with Crippen molar-refractivity contribution in [3.05, 3.63) is 41.6 Å². The van der Waals surface area contributed by atoms with Gasteiger partial charge in [0.25, 0.3) is 0 Å². The van der Waals surface area contributed by atoms with Crippen LogP contribution in [0.1, 0.15) is 18.4 Å². The minimum Gasteiger partial charge on any atom is -0.402 e. The Bertz CT molecular complexity index is 495. The van der Waals surface area contributed by atoms with Gasteiger partial charge >= 0.3 is 0 Å². The molecule has 0 fully saturated rings. The Labute approximate surface area is 120 Å². The number of hydrazine groups is 1. The monoisotopic (exact) mass is 359 g/mol. The summed E-state index contributed by atoms with van der Waals surface area (Å²) in [6.07, 6.45) is 5.93. The van der Waals surface area contributed by atoms with Crippen molar-refractivity contribution < 1.29 is 0 Å². The molecule has 1 aromatic rings. The van der Waals surface area contributed by atoms with Gasteiger partial charge in [0.15, 0.2) is 0 Å². The van der Waals surface area contributed by atoms with Gasteiger partial charge in [-0.2, -0.15) is 0 Å². The van der Waals surface area contributed by atoms with E-state index in [1.165, 1.54) is 11.1 Å². The van der Waals surface area contributed by atoms with Crippen LogP contribution in [0.15, 0.2) is 40.9 Å². The van der Waals surface area contributed by atoms with Gasteiger partial charge in [0.05, 0.1) is 28.6 Å². The van der Waals surface area contributed by atoms with E-state index in [0.717, 1.165) is 29.1 Å². The highest BCUT2D eigenvalue weighted by molar-refractivity contribution is 14.1. The number of anilines is 1. The van der Waals surface area contributed by atoms with Crippen molar-refractivity contribution in [2.24, 2.45) is 11.6 Å². The lowest BCUT2D eigenvalue weighted by atomic mass is 9.96. The minimum absolute atomic E-state index is 0.872. The predicted molar refractivity (Wildman–Crippen MR) is 83.9 cm³/mol. The van der Waals surface area contributed by atoms with Crippen LogP contribution in [-0.2, 0) is 0 Å². The Morgan fingerprint density at radius 3 is 2.59 bits per heavy atom. The smallest absolute Gasteiger partial charge is 0.0769 e. The summed E-state index contributed by atoms with van der Waals surface area (Å²) in [5.41, 5.74) is 10.1. The molecule has 1 aliphatic rings. The molecule has 0 spiro atoms. The Morgan fingerprint density at radius 2 is 2.00 bits per heavy atom. The average Bonchev–Trinajstić information content (AvgIpc) is 2.30. The topological polar surface area (TPSA) is 55.3 Å². The summed E-state index contributed by atoms with van der Waals surface area (Å²) < 4.78 is 1.55. The highest BCUT2D eigenvalue weighted by Crippen LogP contribution is 2.31. The molecule has 2 rings (SSSR count). The fraction of sp³-hybridized carbons (Fsp3) is 0.167. The van der Waals surface area contributed by atoms with Gasteiger partial charge in [-0.3, -0.25) is 0 Å². The third-order valence-corrected chi connectivity index (χ3v) is 3.66. The zero-order chi connectivity index (χ0) is 12.4. The number of nitrogens with zero attached hydrogens (tertiary/aromatic N) is 1. The summed E-state index contributed by atoms with van der Waals surface area (Å²) >= 11 is 6.42. The van der Waals surface area contributed by atoms with Gasteiger partial charge in [0, 0.05) is 10.6 Å². The van der Waals surface area contributed by atoms with E-state index >= 15 is 0 Å². The molecular weight excluding hydrogens is 345 g/mol. The van der Waals surface area contributed by atoms with Crippen molar-refractivity contribution in [1.29, 1.82) is 0 Å². The lowest BCUT2D eigenvalue weighted by molar-refractivity contribution is 0.958. The molecule has 0 saturated heterocycles. The zero-order valence-corrected chi connectivity index (χ0v) is 12.3.